The van der Waals surface area contributed by atoms with E-state index in [1.165, 1.54) is 12.1 Å². The molecule has 0 saturated carbocycles. The number of nitrogens with zero attached hydrogens (tertiary/aromatic N) is 1. The summed E-state index contributed by atoms with van der Waals surface area (Å²) in [5.74, 6) is -1.10. The maximum absolute atomic E-state index is 13.6. The Morgan fingerprint density at radius 3 is 2.54 bits per heavy atom. The molecule has 0 N–H and O–H groups in total. The lowest BCUT2D eigenvalue weighted by Gasteiger charge is -2.44. The number of carbonyl (C=O) groups is 1. The second kappa shape index (κ2) is 8.71. The van der Waals surface area contributed by atoms with Gasteiger partial charge in [-0.1, -0.05) is 36.4 Å². The first-order chi connectivity index (χ1) is 13.5. The fourth-order valence-electron chi connectivity index (χ4n) is 3.72. The number of halogens is 1. The second-order valence-electron chi connectivity index (χ2n) is 7.02. The molecule has 0 spiro atoms. The van der Waals surface area contributed by atoms with Gasteiger partial charge in [-0.3, -0.25) is 0 Å². The van der Waals surface area contributed by atoms with Gasteiger partial charge in [-0.15, -0.1) is 0 Å². The Morgan fingerprint density at radius 2 is 1.89 bits per heavy atom. The summed E-state index contributed by atoms with van der Waals surface area (Å²) in [6.07, 6.45) is 0.558. The van der Waals surface area contributed by atoms with Gasteiger partial charge in [0.2, 0.25) is 0 Å². The van der Waals surface area contributed by atoms with Crippen molar-refractivity contribution in [3.05, 3.63) is 71.0 Å². The minimum absolute atomic E-state index is 0.199. The van der Waals surface area contributed by atoms with Crippen molar-refractivity contribution in [1.82, 2.24) is 4.90 Å². The average molecular weight is 387 g/mol. The van der Waals surface area contributed by atoms with Crippen molar-refractivity contribution in [2.45, 2.75) is 38.2 Å². The van der Waals surface area contributed by atoms with E-state index in [-0.39, 0.29) is 18.5 Å². The van der Waals surface area contributed by atoms with Crippen molar-refractivity contribution >= 4 is 6.09 Å². The topological polar surface area (TPSA) is 48.0 Å². The van der Waals surface area contributed by atoms with Crippen LogP contribution in [0.2, 0.25) is 0 Å². The van der Waals surface area contributed by atoms with Gasteiger partial charge in [0.05, 0.1) is 6.04 Å². The largest absolute Gasteiger partial charge is 0.445 e. The number of carbonyl (C=O) groups excluding carboxylic acids is 1. The zero-order chi connectivity index (χ0) is 20.1. The fourth-order valence-corrected chi connectivity index (χ4v) is 3.72. The third-order valence-electron chi connectivity index (χ3n) is 5.39. The SMILES string of the molecule is COC1(OC)CCN(C(=O)OCc2ccccc2)C(c2ccc(F)cc2C)C1. The maximum atomic E-state index is 13.6. The number of piperidine rings is 1. The van der Waals surface area contributed by atoms with Crippen LogP contribution in [0.3, 0.4) is 0 Å². The summed E-state index contributed by atoms with van der Waals surface area (Å²) in [7, 11) is 3.20. The van der Waals surface area contributed by atoms with E-state index < -0.39 is 11.9 Å². The highest BCUT2D eigenvalue weighted by Crippen LogP contribution is 2.40. The first-order valence-corrected chi connectivity index (χ1v) is 9.31. The van der Waals surface area contributed by atoms with Crippen LogP contribution in [0.25, 0.3) is 0 Å². The van der Waals surface area contributed by atoms with Crippen molar-refractivity contribution in [3.63, 3.8) is 0 Å². The van der Waals surface area contributed by atoms with Crippen molar-refractivity contribution in [2.24, 2.45) is 0 Å². The van der Waals surface area contributed by atoms with Crippen molar-refractivity contribution in [1.29, 1.82) is 0 Å². The molecule has 2 aromatic rings. The Balaban J connectivity index is 1.83. The highest BCUT2D eigenvalue weighted by Gasteiger charge is 2.43. The molecule has 5 nitrogen and oxygen atoms in total. The first kappa shape index (κ1) is 20.3. The number of hydrogen-bond donors (Lipinski definition) is 0. The minimum Gasteiger partial charge on any atom is -0.445 e. The molecule has 1 heterocycles. The molecule has 1 fully saturated rings. The Labute approximate surface area is 165 Å². The van der Waals surface area contributed by atoms with Gasteiger partial charge in [0.25, 0.3) is 0 Å². The van der Waals surface area contributed by atoms with E-state index in [1.807, 2.05) is 37.3 Å². The number of hydrogen-bond acceptors (Lipinski definition) is 4. The molecule has 1 aliphatic heterocycles. The molecule has 1 saturated heterocycles. The van der Waals surface area contributed by atoms with Crippen LogP contribution in [-0.2, 0) is 20.8 Å². The van der Waals surface area contributed by atoms with Crippen molar-refractivity contribution in [2.75, 3.05) is 20.8 Å². The average Bonchev–Trinajstić information content (AvgIpc) is 2.72. The van der Waals surface area contributed by atoms with Crippen LogP contribution in [0.1, 0.15) is 35.6 Å². The lowest BCUT2D eigenvalue weighted by molar-refractivity contribution is -0.236. The summed E-state index contributed by atoms with van der Waals surface area (Å²) in [4.78, 5) is 14.5. The van der Waals surface area contributed by atoms with Gasteiger partial charge in [0.15, 0.2) is 5.79 Å². The molecule has 28 heavy (non-hydrogen) atoms. The van der Waals surface area contributed by atoms with E-state index in [4.69, 9.17) is 14.2 Å². The van der Waals surface area contributed by atoms with E-state index in [9.17, 15) is 9.18 Å². The number of rotatable bonds is 5. The number of aryl methyl sites for hydroxylation is 1. The standard InChI is InChI=1S/C22H26FNO4/c1-16-13-18(23)9-10-19(16)20-14-22(26-2,27-3)11-12-24(20)21(25)28-15-17-7-5-4-6-8-17/h4-10,13,20H,11-12,14-15H2,1-3H3. The quantitative estimate of drug-likeness (QED) is 0.704. The molecular formula is C22H26FNO4. The summed E-state index contributed by atoms with van der Waals surface area (Å²) in [6.45, 7) is 2.45. The van der Waals surface area contributed by atoms with Crippen LogP contribution in [0.15, 0.2) is 48.5 Å². The Bertz CT molecular complexity index is 807. The van der Waals surface area contributed by atoms with Crippen LogP contribution in [-0.4, -0.2) is 37.5 Å². The summed E-state index contributed by atoms with van der Waals surface area (Å²) >= 11 is 0. The smallest absolute Gasteiger partial charge is 0.410 e. The summed E-state index contributed by atoms with van der Waals surface area (Å²) < 4.78 is 30.4. The van der Waals surface area contributed by atoms with E-state index in [0.717, 1.165) is 16.7 Å². The van der Waals surface area contributed by atoms with Crippen LogP contribution >= 0.6 is 0 Å². The second-order valence-corrected chi connectivity index (χ2v) is 7.02. The first-order valence-electron chi connectivity index (χ1n) is 9.31. The maximum Gasteiger partial charge on any atom is 0.410 e. The van der Waals surface area contributed by atoms with Gasteiger partial charge >= 0.3 is 6.09 Å². The molecule has 1 atom stereocenters. The predicted molar refractivity (Wildman–Crippen MR) is 103 cm³/mol. The molecule has 1 aliphatic rings. The molecule has 3 rings (SSSR count). The van der Waals surface area contributed by atoms with Gasteiger partial charge in [-0.05, 0) is 35.7 Å². The molecule has 6 heteroatoms. The van der Waals surface area contributed by atoms with Gasteiger partial charge in [-0.25, -0.2) is 9.18 Å². The molecule has 0 bridgehead atoms. The Kier molecular flexibility index (Phi) is 6.31. The number of ether oxygens (including phenoxy) is 3. The zero-order valence-corrected chi connectivity index (χ0v) is 16.5. The molecule has 1 unspecified atom stereocenters. The highest BCUT2D eigenvalue weighted by molar-refractivity contribution is 5.68. The van der Waals surface area contributed by atoms with Gasteiger partial charge in [0, 0.05) is 33.6 Å². The Morgan fingerprint density at radius 1 is 1.18 bits per heavy atom. The lowest BCUT2D eigenvalue weighted by Crippen LogP contribution is -2.50. The summed E-state index contributed by atoms with van der Waals surface area (Å²) in [6, 6.07) is 13.8. The molecular weight excluding hydrogens is 361 g/mol. The van der Waals surface area contributed by atoms with E-state index >= 15 is 0 Å². The molecule has 0 radical (unpaired) electrons. The fraction of sp³-hybridized carbons (Fsp3) is 0.409. The highest BCUT2D eigenvalue weighted by atomic mass is 19.1. The summed E-state index contributed by atoms with van der Waals surface area (Å²) in [5, 5.41) is 0. The van der Waals surface area contributed by atoms with Crippen LogP contribution in [0.5, 0.6) is 0 Å². The van der Waals surface area contributed by atoms with E-state index in [2.05, 4.69) is 0 Å². The monoisotopic (exact) mass is 387 g/mol. The zero-order valence-electron chi connectivity index (χ0n) is 16.5. The van der Waals surface area contributed by atoms with Crippen molar-refractivity contribution in [3.8, 4) is 0 Å². The molecule has 2 aromatic carbocycles. The van der Waals surface area contributed by atoms with Crippen LogP contribution < -0.4 is 0 Å². The van der Waals surface area contributed by atoms with Crippen LogP contribution in [0, 0.1) is 12.7 Å². The number of benzene rings is 2. The van der Waals surface area contributed by atoms with Crippen molar-refractivity contribution < 1.29 is 23.4 Å². The lowest BCUT2D eigenvalue weighted by atomic mass is 9.88. The van der Waals surface area contributed by atoms with Crippen LogP contribution in [0.4, 0.5) is 9.18 Å². The molecule has 150 valence electrons. The Hall–Kier alpha value is -2.44. The summed E-state index contributed by atoms with van der Waals surface area (Å²) in [5.41, 5.74) is 2.55. The molecule has 0 aromatic heterocycles. The third kappa shape index (κ3) is 4.34. The van der Waals surface area contributed by atoms with E-state index in [0.29, 0.717) is 19.4 Å². The van der Waals surface area contributed by atoms with Gasteiger partial charge in [-0.2, -0.15) is 0 Å². The third-order valence-corrected chi connectivity index (χ3v) is 5.39. The normalized spacial score (nSPS) is 18.7. The predicted octanol–water partition coefficient (Wildman–Crippen LogP) is 4.60. The molecule has 1 amide bonds. The number of likely N-dealkylation sites (tertiary alicyclic amines) is 1. The van der Waals surface area contributed by atoms with E-state index in [1.54, 1.807) is 25.2 Å². The number of amides is 1. The number of methoxy groups -OCH3 is 2. The molecule has 0 aliphatic carbocycles. The van der Waals surface area contributed by atoms with Gasteiger partial charge in [0.1, 0.15) is 12.4 Å². The van der Waals surface area contributed by atoms with Gasteiger partial charge < -0.3 is 19.1 Å². The minimum atomic E-state index is -0.790.